The predicted molar refractivity (Wildman–Crippen MR) is 60.6 cm³/mol. The van der Waals surface area contributed by atoms with E-state index in [1.54, 1.807) is 25.1 Å². The molecule has 2 nitrogen and oxygen atoms in total. The molecule has 0 aliphatic rings. The summed E-state index contributed by atoms with van der Waals surface area (Å²) in [5, 5.41) is 11.4. The van der Waals surface area contributed by atoms with Crippen molar-refractivity contribution in [1.82, 2.24) is 0 Å². The minimum Gasteiger partial charge on any atom is -0.508 e. The number of hydrogen-bond acceptors (Lipinski definition) is 3. The molecule has 1 N–H and O–H groups in total. The second-order valence-electron chi connectivity index (χ2n) is 3.31. The topological polar surface area (TPSA) is 37.3 Å². The number of aryl methyl sites for hydroxylation is 1. The Kier molecular flexibility index (Phi) is 2.56. The molecule has 2 rings (SSSR count). The van der Waals surface area contributed by atoms with E-state index in [-0.39, 0.29) is 11.5 Å². The van der Waals surface area contributed by atoms with Crippen LogP contribution in [0.3, 0.4) is 0 Å². The van der Waals surface area contributed by atoms with Crippen molar-refractivity contribution in [2.75, 3.05) is 0 Å². The van der Waals surface area contributed by atoms with Crippen LogP contribution in [0.1, 0.15) is 20.8 Å². The van der Waals surface area contributed by atoms with Crippen molar-refractivity contribution in [3.05, 3.63) is 51.7 Å². The zero-order chi connectivity index (χ0) is 10.8. The van der Waals surface area contributed by atoms with E-state index < -0.39 is 0 Å². The first-order valence-electron chi connectivity index (χ1n) is 4.56. The summed E-state index contributed by atoms with van der Waals surface area (Å²) in [7, 11) is 0. The molecule has 1 aromatic heterocycles. The van der Waals surface area contributed by atoms with Gasteiger partial charge in [0.05, 0.1) is 4.88 Å². The lowest BCUT2D eigenvalue weighted by Gasteiger charge is -2.01. The number of ketones is 1. The summed E-state index contributed by atoms with van der Waals surface area (Å²) in [4.78, 5) is 12.6. The molecule has 0 fully saturated rings. The fourth-order valence-corrected chi connectivity index (χ4v) is 1.99. The van der Waals surface area contributed by atoms with Gasteiger partial charge in [0.25, 0.3) is 0 Å². The van der Waals surface area contributed by atoms with Crippen LogP contribution in [0.25, 0.3) is 0 Å². The molecule has 0 saturated carbocycles. The highest BCUT2D eigenvalue weighted by atomic mass is 32.1. The molecule has 1 aromatic carbocycles. The lowest BCUT2D eigenvalue weighted by atomic mass is 10.1. The van der Waals surface area contributed by atoms with E-state index in [9.17, 15) is 9.90 Å². The number of carbonyl (C=O) groups excluding carboxylic acids is 1. The Labute approximate surface area is 91.8 Å². The third-order valence-corrected chi connectivity index (χ3v) is 3.08. The smallest absolute Gasteiger partial charge is 0.203 e. The van der Waals surface area contributed by atoms with E-state index in [1.165, 1.54) is 17.4 Å². The molecular formula is C12H10O2S. The number of aromatic hydroxyl groups is 1. The number of phenols is 1. The SMILES string of the molecule is Cc1ccc(C(=O)c2cccs2)cc1O. The zero-order valence-corrected chi connectivity index (χ0v) is 9.04. The molecule has 0 atom stereocenters. The van der Waals surface area contributed by atoms with Crippen LogP contribution in [0, 0.1) is 6.92 Å². The molecule has 0 spiro atoms. The first-order valence-corrected chi connectivity index (χ1v) is 5.44. The van der Waals surface area contributed by atoms with Gasteiger partial charge >= 0.3 is 0 Å². The van der Waals surface area contributed by atoms with Gasteiger partial charge in [0.1, 0.15) is 5.75 Å². The van der Waals surface area contributed by atoms with E-state index in [1.807, 2.05) is 11.4 Å². The number of hydrogen-bond donors (Lipinski definition) is 1. The van der Waals surface area contributed by atoms with Gasteiger partial charge < -0.3 is 5.11 Å². The first-order chi connectivity index (χ1) is 7.18. The Morgan fingerprint density at radius 2 is 2.13 bits per heavy atom. The molecule has 2 aromatic rings. The number of benzene rings is 1. The molecule has 0 bridgehead atoms. The van der Waals surface area contributed by atoms with E-state index in [4.69, 9.17) is 0 Å². The maximum Gasteiger partial charge on any atom is 0.203 e. The Bertz CT molecular complexity index is 486. The summed E-state index contributed by atoms with van der Waals surface area (Å²) in [6.07, 6.45) is 0. The molecule has 0 aliphatic carbocycles. The van der Waals surface area contributed by atoms with Gasteiger partial charge in [-0.15, -0.1) is 11.3 Å². The van der Waals surface area contributed by atoms with E-state index in [0.717, 1.165) is 5.56 Å². The maximum atomic E-state index is 11.9. The van der Waals surface area contributed by atoms with Crippen LogP contribution < -0.4 is 0 Å². The van der Waals surface area contributed by atoms with Crippen LogP contribution in [-0.2, 0) is 0 Å². The van der Waals surface area contributed by atoms with Gasteiger partial charge in [-0.3, -0.25) is 4.79 Å². The van der Waals surface area contributed by atoms with Gasteiger partial charge in [-0.2, -0.15) is 0 Å². The molecule has 0 aliphatic heterocycles. The summed E-state index contributed by atoms with van der Waals surface area (Å²) >= 11 is 1.40. The van der Waals surface area contributed by atoms with Crippen LogP contribution in [0.2, 0.25) is 0 Å². The Balaban J connectivity index is 2.39. The van der Waals surface area contributed by atoms with Gasteiger partial charge in [-0.25, -0.2) is 0 Å². The summed E-state index contributed by atoms with van der Waals surface area (Å²) < 4.78 is 0. The third-order valence-electron chi connectivity index (χ3n) is 2.22. The van der Waals surface area contributed by atoms with Crippen molar-refractivity contribution in [3.63, 3.8) is 0 Å². The third kappa shape index (κ3) is 1.92. The number of thiophene rings is 1. The van der Waals surface area contributed by atoms with Gasteiger partial charge in [0.15, 0.2) is 0 Å². The van der Waals surface area contributed by atoms with Crippen molar-refractivity contribution in [2.45, 2.75) is 6.92 Å². The second kappa shape index (κ2) is 3.87. The molecule has 3 heteroatoms. The van der Waals surface area contributed by atoms with Crippen LogP contribution in [0.4, 0.5) is 0 Å². The largest absolute Gasteiger partial charge is 0.508 e. The van der Waals surface area contributed by atoms with Crippen LogP contribution >= 0.6 is 11.3 Å². The average Bonchev–Trinajstić information content (AvgIpc) is 2.74. The average molecular weight is 218 g/mol. The van der Waals surface area contributed by atoms with E-state index in [2.05, 4.69) is 0 Å². The van der Waals surface area contributed by atoms with Gasteiger partial charge in [-0.05, 0) is 30.0 Å². The summed E-state index contributed by atoms with van der Waals surface area (Å²) in [6.45, 7) is 1.80. The van der Waals surface area contributed by atoms with Crippen molar-refractivity contribution < 1.29 is 9.90 Å². The van der Waals surface area contributed by atoms with Crippen LogP contribution in [0.5, 0.6) is 5.75 Å². The van der Waals surface area contributed by atoms with Crippen molar-refractivity contribution in [3.8, 4) is 5.75 Å². The number of phenolic OH excluding ortho intramolecular Hbond substituents is 1. The molecule has 0 amide bonds. The summed E-state index contributed by atoms with van der Waals surface area (Å²) in [5.41, 5.74) is 1.30. The first kappa shape index (κ1) is 9.93. The second-order valence-corrected chi connectivity index (χ2v) is 4.26. The van der Waals surface area contributed by atoms with Crippen molar-refractivity contribution in [2.24, 2.45) is 0 Å². The van der Waals surface area contributed by atoms with Crippen LogP contribution in [0.15, 0.2) is 35.7 Å². The van der Waals surface area contributed by atoms with Crippen molar-refractivity contribution >= 4 is 17.1 Å². The van der Waals surface area contributed by atoms with E-state index >= 15 is 0 Å². The Hall–Kier alpha value is -1.61. The van der Waals surface area contributed by atoms with Crippen LogP contribution in [-0.4, -0.2) is 10.9 Å². The van der Waals surface area contributed by atoms with Crippen molar-refractivity contribution in [1.29, 1.82) is 0 Å². The highest BCUT2D eigenvalue weighted by Gasteiger charge is 2.10. The Morgan fingerprint density at radius 1 is 1.33 bits per heavy atom. The summed E-state index contributed by atoms with van der Waals surface area (Å²) in [6, 6.07) is 8.61. The molecule has 15 heavy (non-hydrogen) atoms. The molecule has 0 saturated heterocycles. The highest BCUT2D eigenvalue weighted by molar-refractivity contribution is 7.12. The summed E-state index contributed by atoms with van der Waals surface area (Å²) in [5.74, 6) is 0.123. The monoisotopic (exact) mass is 218 g/mol. The number of rotatable bonds is 2. The fourth-order valence-electron chi connectivity index (χ4n) is 1.30. The maximum absolute atomic E-state index is 11.9. The van der Waals surface area contributed by atoms with Gasteiger partial charge in [0.2, 0.25) is 5.78 Å². The zero-order valence-electron chi connectivity index (χ0n) is 8.23. The molecular weight excluding hydrogens is 208 g/mol. The fraction of sp³-hybridized carbons (Fsp3) is 0.0833. The lowest BCUT2D eigenvalue weighted by molar-refractivity contribution is 0.104. The predicted octanol–water partition coefficient (Wildman–Crippen LogP) is 2.99. The lowest BCUT2D eigenvalue weighted by Crippen LogP contribution is -1.98. The molecule has 0 unspecified atom stereocenters. The minimum absolute atomic E-state index is 0.0414. The van der Waals surface area contributed by atoms with Gasteiger partial charge in [-0.1, -0.05) is 18.2 Å². The molecule has 0 radical (unpaired) electrons. The number of carbonyl (C=O) groups is 1. The highest BCUT2D eigenvalue weighted by Crippen LogP contribution is 2.21. The van der Waals surface area contributed by atoms with E-state index in [0.29, 0.717) is 10.4 Å². The molecule has 1 heterocycles. The quantitative estimate of drug-likeness (QED) is 0.787. The standard InChI is InChI=1S/C12H10O2S/c1-8-4-5-9(7-10(8)13)12(14)11-3-2-6-15-11/h2-7,13H,1H3. The molecule has 76 valence electrons. The normalized spacial score (nSPS) is 10.2. The van der Waals surface area contributed by atoms with Gasteiger partial charge in [0, 0.05) is 5.56 Å². The minimum atomic E-state index is -0.0414. The Morgan fingerprint density at radius 3 is 2.73 bits per heavy atom.